The van der Waals surface area contributed by atoms with Crippen LogP contribution < -0.4 is 4.74 Å². The van der Waals surface area contributed by atoms with Crippen LogP contribution in [0.4, 0.5) is 0 Å². The van der Waals surface area contributed by atoms with E-state index in [9.17, 15) is 5.11 Å². The van der Waals surface area contributed by atoms with E-state index in [2.05, 4.69) is 22.0 Å². The molecule has 1 aromatic carbocycles. The summed E-state index contributed by atoms with van der Waals surface area (Å²) in [4.78, 5) is 6.87. The minimum atomic E-state index is 0.199. The van der Waals surface area contributed by atoms with Gasteiger partial charge in [0.1, 0.15) is 5.75 Å². The van der Waals surface area contributed by atoms with Crippen LogP contribution in [0.25, 0.3) is 0 Å². The Bertz CT molecular complexity index is 618. The van der Waals surface area contributed by atoms with E-state index in [1.807, 2.05) is 43.5 Å². The second kappa shape index (κ2) is 7.57. The number of hydrogen-bond donors (Lipinski definition) is 1. The number of aliphatic hydroxyl groups is 1. The largest absolute Gasteiger partial charge is 0.494 e. The van der Waals surface area contributed by atoms with E-state index in [1.54, 1.807) is 0 Å². The Labute approximate surface area is 137 Å². The Morgan fingerprint density at radius 2 is 2.00 bits per heavy atom. The first-order valence-corrected chi connectivity index (χ1v) is 8.26. The van der Waals surface area contributed by atoms with Gasteiger partial charge in [0.25, 0.3) is 0 Å². The van der Waals surface area contributed by atoms with Crippen LogP contribution in [-0.4, -0.2) is 41.3 Å². The second-order valence-electron chi connectivity index (χ2n) is 6.04. The molecule has 0 bridgehead atoms. The van der Waals surface area contributed by atoms with Gasteiger partial charge in [0.2, 0.25) is 0 Å². The molecule has 0 unspecified atom stereocenters. The number of nitrogens with zero attached hydrogens (tertiary/aromatic N) is 2. The first-order chi connectivity index (χ1) is 11.3. The van der Waals surface area contributed by atoms with Crippen molar-refractivity contribution < 1.29 is 9.84 Å². The Morgan fingerprint density at radius 3 is 2.74 bits per heavy atom. The molecule has 2 atom stereocenters. The van der Waals surface area contributed by atoms with E-state index in [1.165, 1.54) is 5.56 Å². The van der Waals surface area contributed by atoms with Crippen LogP contribution in [-0.2, 0) is 6.54 Å². The molecule has 1 aliphatic rings. The summed E-state index contributed by atoms with van der Waals surface area (Å²) in [5, 5.41) is 9.74. The normalized spacial score (nSPS) is 21.5. The predicted octanol–water partition coefficient (Wildman–Crippen LogP) is 2.69. The molecule has 4 nitrogen and oxygen atoms in total. The third-order valence-electron chi connectivity index (χ3n) is 4.49. The van der Waals surface area contributed by atoms with Crippen molar-refractivity contribution in [1.29, 1.82) is 0 Å². The van der Waals surface area contributed by atoms with Crippen molar-refractivity contribution in [2.45, 2.75) is 19.4 Å². The summed E-state index contributed by atoms with van der Waals surface area (Å²) in [5.41, 5.74) is 2.28. The van der Waals surface area contributed by atoms with Gasteiger partial charge in [-0.3, -0.25) is 9.88 Å². The molecule has 3 rings (SSSR count). The molecule has 1 fully saturated rings. The predicted molar refractivity (Wildman–Crippen MR) is 90.4 cm³/mol. The highest BCUT2D eigenvalue weighted by molar-refractivity contribution is 5.33. The fraction of sp³-hybridized carbons (Fsp3) is 0.421. The number of para-hydroxylation sites is 1. The number of ether oxygens (including phenoxy) is 1. The van der Waals surface area contributed by atoms with Crippen LogP contribution in [0.2, 0.25) is 0 Å². The molecule has 1 saturated heterocycles. The number of aliphatic hydroxyl groups excluding tert-OH is 1. The Hall–Kier alpha value is -1.91. The number of hydrogen-bond acceptors (Lipinski definition) is 4. The molecule has 0 saturated carbocycles. The molecule has 122 valence electrons. The SMILES string of the molecule is CCOc1ccccc1CN1C[C@@H](CO)[C@H](c2ccccn2)C1. The highest BCUT2D eigenvalue weighted by Crippen LogP contribution is 2.33. The van der Waals surface area contributed by atoms with E-state index in [0.29, 0.717) is 12.5 Å². The molecule has 1 aromatic heterocycles. The maximum Gasteiger partial charge on any atom is 0.123 e. The summed E-state index contributed by atoms with van der Waals surface area (Å²) in [6.45, 7) is 5.53. The second-order valence-corrected chi connectivity index (χ2v) is 6.04. The van der Waals surface area contributed by atoms with Gasteiger partial charge in [-0.05, 0) is 25.1 Å². The van der Waals surface area contributed by atoms with Gasteiger partial charge < -0.3 is 9.84 Å². The molecule has 0 spiro atoms. The summed E-state index contributed by atoms with van der Waals surface area (Å²) in [7, 11) is 0. The highest BCUT2D eigenvalue weighted by atomic mass is 16.5. The number of pyridine rings is 1. The van der Waals surface area contributed by atoms with Crippen molar-refractivity contribution in [3.63, 3.8) is 0 Å². The first-order valence-electron chi connectivity index (χ1n) is 8.26. The zero-order chi connectivity index (χ0) is 16.1. The smallest absolute Gasteiger partial charge is 0.123 e. The standard InChI is InChI=1S/C19H24N2O2/c1-2-23-19-9-4-3-7-15(19)11-21-12-16(14-22)17(13-21)18-8-5-6-10-20-18/h3-10,16-17,22H,2,11-14H2,1H3/t16-,17+/m0/s1. The Kier molecular flexibility index (Phi) is 5.26. The van der Waals surface area contributed by atoms with Crippen molar-refractivity contribution in [2.75, 3.05) is 26.3 Å². The molecule has 0 amide bonds. The zero-order valence-corrected chi connectivity index (χ0v) is 13.6. The van der Waals surface area contributed by atoms with Crippen molar-refractivity contribution in [3.8, 4) is 5.75 Å². The molecule has 23 heavy (non-hydrogen) atoms. The van der Waals surface area contributed by atoms with Gasteiger partial charge in [-0.2, -0.15) is 0 Å². The number of benzene rings is 1. The summed E-state index contributed by atoms with van der Waals surface area (Å²) < 4.78 is 5.72. The lowest BCUT2D eigenvalue weighted by molar-refractivity contribution is 0.212. The van der Waals surface area contributed by atoms with Crippen LogP contribution in [0.15, 0.2) is 48.7 Å². The van der Waals surface area contributed by atoms with Gasteiger partial charge in [0.15, 0.2) is 0 Å². The van der Waals surface area contributed by atoms with E-state index >= 15 is 0 Å². The van der Waals surface area contributed by atoms with E-state index < -0.39 is 0 Å². The summed E-state index contributed by atoms with van der Waals surface area (Å²) in [5.74, 6) is 1.49. The lowest BCUT2D eigenvalue weighted by Crippen LogP contribution is -2.21. The van der Waals surface area contributed by atoms with Crippen molar-refractivity contribution in [3.05, 3.63) is 59.9 Å². The van der Waals surface area contributed by atoms with Gasteiger partial charge in [0.05, 0.1) is 6.61 Å². The molecule has 4 heteroatoms. The Morgan fingerprint density at radius 1 is 1.17 bits per heavy atom. The van der Waals surface area contributed by atoms with Gasteiger partial charge in [-0.25, -0.2) is 0 Å². The molecule has 1 N–H and O–H groups in total. The molecule has 0 aliphatic carbocycles. The van der Waals surface area contributed by atoms with E-state index in [4.69, 9.17) is 4.74 Å². The number of likely N-dealkylation sites (tertiary alicyclic amines) is 1. The monoisotopic (exact) mass is 312 g/mol. The van der Waals surface area contributed by atoms with Gasteiger partial charge >= 0.3 is 0 Å². The summed E-state index contributed by atoms with van der Waals surface area (Å²) >= 11 is 0. The van der Waals surface area contributed by atoms with Crippen LogP contribution in [0.3, 0.4) is 0 Å². The lowest BCUT2D eigenvalue weighted by atomic mass is 9.93. The molecule has 0 radical (unpaired) electrons. The maximum absolute atomic E-state index is 9.74. The lowest BCUT2D eigenvalue weighted by Gasteiger charge is -2.18. The molecular weight excluding hydrogens is 288 g/mol. The third-order valence-corrected chi connectivity index (χ3v) is 4.49. The molecule has 2 aromatic rings. The van der Waals surface area contributed by atoms with Crippen LogP contribution >= 0.6 is 0 Å². The minimum absolute atomic E-state index is 0.199. The molecule has 1 aliphatic heterocycles. The average Bonchev–Trinajstić information content (AvgIpc) is 3.01. The van der Waals surface area contributed by atoms with Gasteiger partial charge in [0, 0.05) is 55.5 Å². The quantitative estimate of drug-likeness (QED) is 0.891. The fourth-order valence-corrected chi connectivity index (χ4v) is 3.38. The van der Waals surface area contributed by atoms with Crippen LogP contribution in [0.1, 0.15) is 24.1 Å². The van der Waals surface area contributed by atoms with Gasteiger partial charge in [-0.15, -0.1) is 0 Å². The fourth-order valence-electron chi connectivity index (χ4n) is 3.38. The summed E-state index contributed by atoms with van der Waals surface area (Å²) in [6, 6.07) is 14.2. The minimum Gasteiger partial charge on any atom is -0.494 e. The average molecular weight is 312 g/mol. The third kappa shape index (κ3) is 3.71. The van der Waals surface area contributed by atoms with Gasteiger partial charge in [-0.1, -0.05) is 24.3 Å². The maximum atomic E-state index is 9.74. The summed E-state index contributed by atoms with van der Waals surface area (Å²) in [6.07, 6.45) is 1.83. The number of rotatable bonds is 6. The van der Waals surface area contributed by atoms with E-state index in [0.717, 1.165) is 31.1 Å². The van der Waals surface area contributed by atoms with E-state index in [-0.39, 0.29) is 12.5 Å². The van der Waals surface area contributed by atoms with Crippen LogP contribution in [0, 0.1) is 5.92 Å². The van der Waals surface area contributed by atoms with Crippen molar-refractivity contribution in [1.82, 2.24) is 9.88 Å². The Balaban J connectivity index is 1.73. The topological polar surface area (TPSA) is 45.6 Å². The highest BCUT2D eigenvalue weighted by Gasteiger charge is 2.34. The zero-order valence-electron chi connectivity index (χ0n) is 13.6. The van der Waals surface area contributed by atoms with Crippen LogP contribution in [0.5, 0.6) is 5.75 Å². The van der Waals surface area contributed by atoms with Crippen molar-refractivity contribution >= 4 is 0 Å². The first kappa shape index (κ1) is 16.0. The number of aromatic nitrogens is 1. The van der Waals surface area contributed by atoms with Crippen molar-refractivity contribution in [2.24, 2.45) is 5.92 Å². The molecule has 2 heterocycles. The molecular formula is C19H24N2O2.